The molecule has 4 N–H and O–H groups in total. The average molecular weight is 714 g/mol. The summed E-state index contributed by atoms with van der Waals surface area (Å²) in [5, 5.41) is 28.3. The zero-order valence-corrected chi connectivity index (χ0v) is 29.0. The Labute approximate surface area is 305 Å². The zero-order chi connectivity index (χ0) is 36.2. The molecule has 1 aromatic heterocycles. The topological polar surface area (TPSA) is 163 Å². The molecule has 4 aromatic rings. The molecule has 0 saturated carbocycles. The van der Waals surface area contributed by atoms with Gasteiger partial charge in [0.15, 0.2) is 5.82 Å². The number of piperidine rings is 2. The third-order valence-electron chi connectivity index (χ3n) is 11.2. The van der Waals surface area contributed by atoms with Crippen LogP contribution < -0.4 is 25.8 Å². The number of nitrogens with one attached hydrogen (secondary N) is 3. The van der Waals surface area contributed by atoms with E-state index in [1.54, 1.807) is 30.3 Å². The lowest BCUT2D eigenvalue weighted by Gasteiger charge is -2.49. The van der Waals surface area contributed by atoms with Gasteiger partial charge in [-0.2, -0.15) is 0 Å². The normalized spacial score (nSPS) is 21.8. The SMILES string of the molecule is O=C1CCC(N2C(=O)c3ccc(Nc4ccc(N5CCC(N6CCN7c8cc(-c9ccccc9O)nnc8NC[C@H]7C6)CC5)cc4)cc3C2=O)C(=O)N1. The lowest BCUT2D eigenvalue weighted by molar-refractivity contribution is -0.136. The van der Waals surface area contributed by atoms with Crippen molar-refractivity contribution in [2.24, 2.45) is 0 Å². The maximum Gasteiger partial charge on any atom is 0.262 e. The Morgan fingerprint density at radius 3 is 2.32 bits per heavy atom. The van der Waals surface area contributed by atoms with E-state index in [9.17, 15) is 24.3 Å². The number of benzene rings is 3. The van der Waals surface area contributed by atoms with Crippen molar-refractivity contribution in [1.82, 2.24) is 25.3 Å². The van der Waals surface area contributed by atoms with Crippen LogP contribution in [0.3, 0.4) is 0 Å². The van der Waals surface area contributed by atoms with Gasteiger partial charge >= 0.3 is 0 Å². The molecule has 0 spiro atoms. The summed E-state index contributed by atoms with van der Waals surface area (Å²) in [6.45, 7) is 5.61. The third-order valence-corrected chi connectivity index (χ3v) is 11.2. The van der Waals surface area contributed by atoms with Crippen LogP contribution in [0, 0.1) is 0 Å². The second-order valence-electron chi connectivity index (χ2n) is 14.3. The monoisotopic (exact) mass is 713 g/mol. The molecule has 3 aromatic carbocycles. The van der Waals surface area contributed by atoms with E-state index in [2.05, 4.69) is 53.0 Å². The summed E-state index contributed by atoms with van der Waals surface area (Å²) in [4.78, 5) is 58.8. The summed E-state index contributed by atoms with van der Waals surface area (Å²) in [5.74, 6) is -1.08. The number of para-hydroxylation sites is 1. The van der Waals surface area contributed by atoms with Gasteiger partial charge in [-0.3, -0.25) is 34.3 Å². The molecule has 3 fully saturated rings. The number of imide groups is 2. The highest BCUT2D eigenvalue weighted by atomic mass is 16.3. The number of fused-ring (bicyclic) bond motifs is 4. The fraction of sp³-hybridized carbons (Fsp3) is 0.333. The quantitative estimate of drug-likeness (QED) is 0.215. The van der Waals surface area contributed by atoms with Crippen LogP contribution in [0.15, 0.2) is 72.8 Å². The Bertz CT molecular complexity index is 2130. The van der Waals surface area contributed by atoms with E-state index >= 15 is 0 Å². The second-order valence-corrected chi connectivity index (χ2v) is 14.3. The number of aromatic nitrogens is 2. The smallest absolute Gasteiger partial charge is 0.262 e. The van der Waals surface area contributed by atoms with Gasteiger partial charge in [-0.15, -0.1) is 10.2 Å². The Morgan fingerprint density at radius 2 is 1.53 bits per heavy atom. The first kappa shape index (κ1) is 32.9. The van der Waals surface area contributed by atoms with E-state index in [-0.39, 0.29) is 29.7 Å². The van der Waals surface area contributed by atoms with Gasteiger partial charge in [0.05, 0.1) is 28.6 Å². The molecular formula is C39H39N9O5. The van der Waals surface area contributed by atoms with Crippen molar-refractivity contribution in [2.75, 3.05) is 59.7 Å². The third kappa shape index (κ3) is 5.98. The molecule has 9 rings (SSSR count). The van der Waals surface area contributed by atoms with Crippen LogP contribution in [0.1, 0.15) is 46.4 Å². The Morgan fingerprint density at radius 1 is 0.755 bits per heavy atom. The van der Waals surface area contributed by atoms with Gasteiger partial charge in [0.25, 0.3) is 11.8 Å². The van der Waals surface area contributed by atoms with Crippen molar-refractivity contribution in [2.45, 2.75) is 43.8 Å². The summed E-state index contributed by atoms with van der Waals surface area (Å²) < 4.78 is 0. The Balaban J connectivity index is 0.797. The Hall–Kier alpha value is -6.02. The first-order chi connectivity index (χ1) is 25.8. The number of anilines is 5. The number of amides is 4. The molecule has 2 atom stereocenters. The molecule has 0 bridgehead atoms. The first-order valence-corrected chi connectivity index (χ1v) is 18.2. The summed E-state index contributed by atoms with van der Waals surface area (Å²) in [5.41, 5.74) is 5.54. The molecule has 5 aliphatic heterocycles. The minimum Gasteiger partial charge on any atom is -0.507 e. The van der Waals surface area contributed by atoms with Gasteiger partial charge in [0.2, 0.25) is 11.8 Å². The molecule has 3 saturated heterocycles. The molecule has 5 aliphatic rings. The van der Waals surface area contributed by atoms with Crippen molar-refractivity contribution < 1.29 is 24.3 Å². The maximum atomic E-state index is 13.2. The minimum atomic E-state index is -0.991. The van der Waals surface area contributed by atoms with Crippen molar-refractivity contribution in [1.29, 1.82) is 0 Å². The summed E-state index contributed by atoms with van der Waals surface area (Å²) in [6.07, 6.45) is 2.36. The van der Waals surface area contributed by atoms with Gasteiger partial charge in [-0.1, -0.05) is 12.1 Å². The van der Waals surface area contributed by atoms with E-state index in [4.69, 9.17) is 0 Å². The van der Waals surface area contributed by atoms with Crippen LogP contribution in [0.2, 0.25) is 0 Å². The number of hydrogen-bond donors (Lipinski definition) is 4. The van der Waals surface area contributed by atoms with Gasteiger partial charge in [-0.25, -0.2) is 0 Å². The highest BCUT2D eigenvalue weighted by Crippen LogP contribution is 2.37. The van der Waals surface area contributed by atoms with E-state index in [0.717, 1.165) is 79.9 Å². The second kappa shape index (κ2) is 13.2. The van der Waals surface area contributed by atoms with Crippen molar-refractivity contribution in [3.63, 3.8) is 0 Å². The van der Waals surface area contributed by atoms with Gasteiger partial charge in [0.1, 0.15) is 11.8 Å². The van der Waals surface area contributed by atoms with Crippen LogP contribution >= 0.6 is 0 Å². The molecule has 53 heavy (non-hydrogen) atoms. The summed E-state index contributed by atoms with van der Waals surface area (Å²) >= 11 is 0. The van der Waals surface area contributed by atoms with Gasteiger partial charge < -0.3 is 25.5 Å². The number of carbonyl (C=O) groups excluding carboxylic acids is 4. The molecule has 14 nitrogen and oxygen atoms in total. The van der Waals surface area contributed by atoms with Crippen molar-refractivity contribution in [3.05, 3.63) is 83.9 Å². The highest BCUT2D eigenvalue weighted by molar-refractivity contribution is 6.23. The molecule has 14 heteroatoms. The Kier molecular flexibility index (Phi) is 8.18. The predicted octanol–water partition coefficient (Wildman–Crippen LogP) is 3.58. The predicted molar refractivity (Wildman–Crippen MR) is 198 cm³/mol. The summed E-state index contributed by atoms with van der Waals surface area (Å²) in [7, 11) is 0. The number of hydrogen-bond acceptors (Lipinski definition) is 12. The van der Waals surface area contributed by atoms with Crippen LogP contribution in [0.4, 0.5) is 28.6 Å². The standard InChI is InChI=1S/C39H39N9O5/c49-34-4-2-1-3-29(34)31-20-33-36(44-43-31)40-21-27-22-46(17-18-47(27)33)26-13-15-45(16-14-26)25-8-5-23(6-9-25)41-24-7-10-28-30(19-24)39(53)48(38(28)52)32-11-12-35(50)42-37(32)51/h1-10,19-20,26-27,32,41,49H,11-18,21-22H2,(H,40,44)(H,42,50,51)/t27-,32?/m0/s1. The number of aromatic hydroxyl groups is 1. The van der Waals surface area contributed by atoms with E-state index in [1.165, 1.54) is 0 Å². The highest BCUT2D eigenvalue weighted by Gasteiger charge is 2.44. The van der Waals surface area contributed by atoms with Gasteiger partial charge in [-0.05, 0) is 79.9 Å². The maximum absolute atomic E-state index is 13.2. The fourth-order valence-electron chi connectivity index (χ4n) is 8.43. The van der Waals surface area contributed by atoms with Crippen molar-refractivity contribution >= 4 is 52.2 Å². The van der Waals surface area contributed by atoms with Crippen LogP contribution in [-0.2, 0) is 9.59 Å². The van der Waals surface area contributed by atoms with E-state index in [1.807, 2.05) is 30.3 Å². The van der Waals surface area contributed by atoms with E-state index in [0.29, 0.717) is 29.0 Å². The molecule has 270 valence electrons. The van der Waals surface area contributed by atoms with Gasteiger partial charge in [0, 0.05) is 74.4 Å². The number of nitrogens with zero attached hydrogens (tertiary/aromatic N) is 6. The minimum absolute atomic E-state index is 0.0811. The first-order valence-electron chi connectivity index (χ1n) is 18.2. The summed E-state index contributed by atoms with van der Waals surface area (Å²) in [6, 6.07) is 22.3. The number of piperazine rings is 1. The lowest BCUT2D eigenvalue weighted by atomic mass is 9.99. The molecule has 0 aliphatic carbocycles. The number of phenolic OH excluding ortho intramolecular Hbond substituents is 1. The number of rotatable bonds is 6. The zero-order valence-electron chi connectivity index (χ0n) is 29.0. The lowest BCUT2D eigenvalue weighted by Crippen LogP contribution is -2.61. The van der Waals surface area contributed by atoms with Crippen LogP contribution in [0.25, 0.3) is 11.3 Å². The largest absolute Gasteiger partial charge is 0.507 e. The average Bonchev–Trinajstić information content (AvgIpc) is 3.42. The molecule has 1 unspecified atom stereocenters. The van der Waals surface area contributed by atoms with Crippen molar-refractivity contribution in [3.8, 4) is 17.0 Å². The number of carbonyl (C=O) groups is 4. The van der Waals surface area contributed by atoms with E-state index < -0.39 is 29.7 Å². The van der Waals surface area contributed by atoms with Crippen LogP contribution in [0.5, 0.6) is 5.75 Å². The molecule has 6 heterocycles. The fourth-order valence-corrected chi connectivity index (χ4v) is 8.43. The molecule has 0 radical (unpaired) electrons. The molecule has 4 amide bonds. The number of phenols is 1. The van der Waals surface area contributed by atoms with Crippen LogP contribution in [-0.4, -0.2) is 106 Å². The molecular weight excluding hydrogens is 674 g/mol.